The Morgan fingerprint density at radius 3 is 2.85 bits per heavy atom. The third-order valence-electron chi connectivity index (χ3n) is 7.30. The minimum Gasteiger partial charge on any atom is -0.466 e. The van der Waals surface area contributed by atoms with Crippen LogP contribution >= 0.6 is 0 Å². The number of carbonyl (C=O) groups excluding carboxylic acids is 1. The van der Waals surface area contributed by atoms with Crippen LogP contribution in [0.1, 0.15) is 47.6 Å². The van der Waals surface area contributed by atoms with Crippen molar-refractivity contribution in [3.05, 3.63) is 23.2 Å². The summed E-state index contributed by atoms with van der Waals surface area (Å²) >= 11 is 0. The molecule has 148 valence electrons. The molecule has 2 bridgehead atoms. The van der Waals surface area contributed by atoms with Crippen molar-refractivity contribution >= 4 is 5.91 Å². The van der Waals surface area contributed by atoms with E-state index in [-0.39, 0.29) is 11.5 Å². The van der Waals surface area contributed by atoms with Gasteiger partial charge in [0.25, 0.3) is 5.91 Å². The van der Waals surface area contributed by atoms with Gasteiger partial charge in [0.1, 0.15) is 11.5 Å². The monoisotopic (exact) mass is 374 g/mol. The summed E-state index contributed by atoms with van der Waals surface area (Å²) < 4.78 is 17.6. The maximum absolute atomic E-state index is 12.6. The van der Waals surface area contributed by atoms with Crippen LogP contribution in [0.15, 0.2) is 10.5 Å². The quantitative estimate of drug-likeness (QED) is 0.876. The van der Waals surface area contributed by atoms with Gasteiger partial charge in [-0.2, -0.15) is 0 Å². The summed E-state index contributed by atoms with van der Waals surface area (Å²) in [6.45, 7) is 8.34. The fourth-order valence-electron chi connectivity index (χ4n) is 5.99. The number of ether oxygens (including phenoxy) is 2. The molecular formula is C21H30N2O4. The van der Waals surface area contributed by atoms with Crippen molar-refractivity contribution < 1.29 is 18.7 Å². The summed E-state index contributed by atoms with van der Waals surface area (Å²) in [5.74, 6) is 2.40. The van der Waals surface area contributed by atoms with Gasteiger partial charge in [-0.05, 0) is 45.6 Å². The van der Waals surface area contributed by atoms with Crippen molar-refractivity contribution in [1.29, 1.82) is 0 Å². The largest absolute Gasteiger partial charge is 0.466 e. The van der Waals surface area contributed by atoms with Gasteiger partial charge in [0.05, 0.1) is 17.3 Å². The Balaban J connectivity index is 1.25. The lowest BCUT2D eigenvalue weighted by atomic mass is 9.73. The van der Waals surface area contributed by atoms with Gasteiger partial charge in [0.2, 0.25) is 0 Å². The van der Waals surface area contributed by atoms with E-state index in [2.05, 4.69) is 10.2 Å². The third-order valence-corrected chi connectivity index (χ3v) is 7.30. The maximum atomic E-state index is 12.6. The number of hydrogen-bond donors (Lipinski definition) is 1. The first-order valence-electron chi connectivity index (χ1n) is 10.4. The summed E-state index contributed by atoms with van der Waals surface area (Å²) in [5, 5.41) is 3.17. The van der Waals surface area contributed by atoms with E-state index >= 15 is 0 Å². The zero-order valence-corrected chi connectivity index (χ0v) is 16.3. The van der Waals surface area contributed by atoms with Gasteiger partial charge in [-0.15, -0.1) is 0 Å². The molecule has 27 heavy (non-hydrogen) atoms. The Bertz CT molecular complexity index is 726. The second kappa shape index (κ2) is 6.61. The summed E-state index contributed by atoms with van der Waals surface area (Å²) in [7, 11) is 0. The minimum atomic E-state index is -0.0274. The number of hydrogen-bond acceptors (Lipinski definition) is 5. The van der Waals surface area contributed by atoms with Crippen molar-refractivity contribution in [3.63, 3.8) is 0 Å². The normalized spacial score (nSPS) is 36.3. The molecule has 1 N–H and O–H groups in total. The second-order valence-electron chi connectivity index (χ2n) is 8.84. The van der Waals surface area contributed by atoms with Gasteiger partial charge < -0.3 is 19.2 Å². The molecule has 0 aliphatic carbocycles. The molecule has 1 spiro atoms. The van der Waals surface area contributed by atoms with Crippen molar-refractivity contribution in [2.24, 2.45) is 11.8 Å². The predicted octanol–water partition coefficient (Wildman–Crippen LogP) is 2.28. The average Bonchev–Trinajstić information content (AvgIpc) is 3.39. The highest BCUT2D eigenvalue weighted by atomic mass is 16.5. The smallest absolute Gasteiger partial charge is 0.254 e. The second-order valence-corrected chi connectivity index (χ2v) is 8.84. The number of likely N-dealkylation sites (tertiary alicyclic amines) is 1. The van der Waals surface area contributed by atoms with Gasteiger partial charge in [-0.3, -0.25) is 9.69 Å². The van der Waals surface area contributed by atoms with Gasteiger partial charge in [0, 0.05) is 50.7 Å². The van der Waals surface area contributed by atoms with Crippen molar-refractivity contribution in [2.75, 3.05) is 32.8 Å². The molecule has 0 aromatic carbocycles. The van der Waals surface area contributed by atoms with E-state index in [4.69, 9.17) is 13.9 Å². The average molecular weight is 374 g/mol. The lowest BCUT2D eigenvalue weighted by Crippen LogP contribution is -2.41. The highest BCUT2D eigenvalue weighted by Crippen LogP contribution is 2.55. The molecule has 6 nitrogen and oxygen atoms in total. The molecule has 4 fully saturated rings. The Morgan fingerprint density at radius 2 is 2.11 bits per heavy atom. The fraction of sp³-hybridized carbons (Fsp3) is 0.762. The first kappa shape index (κ1) is 17.7. The van der Waals surface area contributed by atoms with Crippen LogP contribution in [-0.2, 0) is 9.47 Å². The molecule has 5 heterocycles. The van der Waals surface area contributed by atoms with E-state index in [1.54, 1.807) is 0 Å². The zero-order chi connectivity index (χ0) is 18.6. The molecule has 1 aromatic heterocycles. The molecule has 0 unspecified atom stereocenters. The Morgan fingerprint density at radius 1 is 1.30 bits per heavy atom. The molecule has 0 radical (unpaired) electrons. The Labute approximate surface area is 160 Å². The number of amides is 1. The van der Waals surface area contributed by atoms with Crippen LogP contribution in [0, 0.1) is 25.7 Å². The topological polar surface area (TPSA) is 63.9 Å². The first-order valence-corrected chi connectivity index (χ1v) is 10.4. The highest BCUT2D eigenvalue weighted by Gasteiger charge is 2.63. The molecule has 5 rings (SSSR count). The third kappa shape index (κ3) is 2.93. The van der Waals surface area contributed by atoms with Crippen LogP contribution in [0.2, 0.25) is 0 Å². The van der Waals surface area contributed by atoms with Crippen molar-refractivity contribution in [1.82, 2.24) is 10.2 Å². The van der Waals surface area contributed by atoms with Crippen LogP contribution in [-0.4, -0.2) is 61.4 Å². The molecule has 4 aliphatic rings. The van der Waals surface area contributed by atoms with E-state index < -0.39 is 0 Å². The number of carbonyl (C=O) groups is 1. The minimum absolute atomic E-state index is 0.0274. The van der Waals surface area contributed by atoms with Crippen molar-refractivity contribution in [2.45, 2.75) is 57.3 Å². The van der Waals surface area contributed by atoms with E-state index in [9.17, 15) is 4.79 Å². The molecule has 0 saturated carbocycles. The van der Waals surface area contributed by atoms with E-state index in [1.807, 2.05) is 19.9 Å². The van der Waals surface area contributed by atoms with E-state index in [1.165, 1.54) is 6.42 Å². The fourth-order valence-corrected chi connectivity index (χ4v) is 5.99. The van der Waals surface area contributed by atoms with Gasteiger partial charge in [0.15, 0.2) is 0 Å². The van der Waals surface area contributed by atoms with Crippen LogP contribution in [0.4, 0.5) is 0 Å². The van der Waals surface area contributed by atoms with Gasteiger partial charge in [-0.25, -0.2) is 0 Å². The standard InChI is InChI=1S/C21H30N2O4/c1-13-9-16(14(2)26-13)20(24)22-10-17-18-11-23(15-4-7-25-8-5-15)12-21(18)6-3-19(17)27-21/h9,15,17-19H,3-8,10-12H2,1-2H3,(H,22,24)/t17-,18+,19+,21+/m0/s1. The SMILES string of the molecule is Cc1cc(C(=O)NC[C@H]2[C@H]3CN(C4CCOCC4)C[C@]34CC[C@H]2O4)c(C)o1. The Hall–Kier alpha value is -1.37. The summed E-state index contributed by atoms with van der Waals surface area (Å²) in [5.41, 5.74) is 0.682. The molecule has 4 atom stereocenters. The lowest BCUT2D eigenvalue weighted by Gasteiger charge is -2.32. The number of fused-ring (bicyclic) bond motifs is 1. The number of furan rings is 1. The number of rotatable bonds is 4. The van der Waals surface area contributed by atoms with Crippen LogP contribution < -0.4 is 5.32 Å². The number of aryl methyl sites for hydroxylation is 2. The Kier molecular flexibility index (Phi) is 4.33. The lowest BCUT2D eigenvalue weighted by molar-refractivity contribution is -0.0122. The van der Waals surface area contributed by atoms with Crippen LogP contribution in [0.5, 0.6) is 0 Å². The summed E-state index contributed by atoms with van der Waals surface area (Å²) in [6, 6.07) is 2.46. The number of nitrogens with one attached hydrogen (secondary N) is 1. The number of nitrogens with zero attached hydrogens (tertiary/aromatic N) is 1. The molecule has 6 heteroatoms. The molecule has 4 saturated heterocycles. The maximum Gasteiger partial charge on any atom is 0.254 e. The molecule has 1 aromatic rings. The predicted molar refractivity (Wildman–Crippen MR) is 99.7 cm³/mol. The zero-order valence-electron chi connectivity index (χ0n) is 16.3. The molecular weight excluding hydrogens is 344 g/mol. The van der Waals surface area contributed by atoms with Gasteiger partial charge >= 0.3 is 0 Å². The van der Waals surface area contributed by atoms with Crippen molar-refractivity contribution in [3.8, 4) is 0 Å². The molecule has 1 amide bonds. The first-order chi connectivity index (χ1) is 13.1. The highest BCUT2D eigenvalue weighted by molar-refractivity contribution is 5.95. The van der Waals surface area contributed by atoms with E-state index in [0.717, 1.165) is 51.3 Å². The van der Waals surface area contributed by atoms with Crippen LogP contribution in [0.25, 0.3) is 0 Å². The molecule has 4 aliphatic heterocycles. The van der Waals surface area contributed by atoms with E-state index in [0.29, 0.717) is 41.9 Å². The summed E-state index contributed by atoms with van der Waals surface area (Å²) in [6.07, 6.45) is 4.87. The van der Waals surface area contributed by atoms with Crippen LogP contribution in [0.3, 0.4) is 0 Å². The van der Waals surface area contributed by atoms with Gasteiger partial charge in [-0.1, -0.05) is 0 Å². The summed E-state index contributed by atoms with van der Waals surface area (Å²) in [4.78, 5) is 15.3.